The highest BCUT2D eigenvalue weighted by molar-refractivity contribution is 6.31. The Bertz CT molecular complexity index is 450. The van der Waals surface area contributed by atoms with Gasteiger partial charge in [0.2, 0.25) is 0 Å². The van der Waals surface area contributed by atoms with E-state index in [1.54, 1.807) is 12.1 Å². The Balaban J connectivity index is 2.36. The van der Waals surface area contributed by atoms with Gasteiger partial charge in [-0.25, -0.2) is 0 Å². The van der Waals surface area contributed by atoms with E-state index in [1.807, 2.05) is 6.07 Å². The Hall–Kier alpha value is -1.26. The Labute approximate surface area is 112 Å². The molecule has 1 atom stereocenters. The Kier molecular flexibility index (Phi) is 4.09. The normalized spacial score (nSPS) is 19.2. The summed E-state index contributed by atoms with van der Waals surface area (Å²) in [5.41, 5.74) is 7.24. The highest BCUT2D eigenvalue weighted by Crippen LogP contribution is 2.32. The largest absolute Gasteiger partial charge is 0.396 e. The molecule has 1 unspecified atom stereocenters. The van der Waals surface area contributed by atoms with Crippen molar-refractivity contribution in [3.8, 4) is 0 Å². The van der Waals surface area contributed by atoms with Crippen LogP contribution in [0.3, 0.4) is 0 Å². The van der Waals surface area contributed by atoms with E-state index in [-0.39, 0.29) is 12.4 Å². The highest BCUT2D eigenvalue weighted by atomic mass is 35.5. The maximum Gasteiger partial charge on any atom is 0.124 e. The predicted molar refractivity (Wildman–Crippen MR) is 74.5 cm³/mol. The van der Waals surface area contributed by atoms with Gasteiger partial charge in [-0.05, 0) is 37.5 Å². The minimum atomic E-state index is 0.0521. The molecule has 0 saturated carbocycles. The van der Waals surface area contributed by atoms with Gasteiger partial charge in [-0.15, -0.1) is 0 Å². The van der Waals surface area contributed by atoms with Crippen molar-refractivity contribution in [2.45, 2.75) is 25.3 Å². The summed E-state index contributed by atoms with van der Waals surface area (Å²) in [6, 6.07) is 5.70. The molecule has 1 saturated heterocycles. The van der Waals surface area contributed by atoms with Crippen molar-refractivity contribution in [3.05, 3.63) is 28.8 Å². The van der Waals surface area contributed by atoms with Crippen LogP contribution in [0.2, 0.25) is 5.02 Å². The third-order valence-corrected chi connectivity index (χ3v) is 3.63. The SMILES string of the molecule is N=C(N)c1ccc(Cl)cc1N1CCCC1CCO. The smallest absolute Gasteiger partial charge is 0.124 e. The summed E-state index contributed by atoms with van der Waals surface area (Å²) in [7, 11) is 0. The van der Waals surface area contributed by atoms with Crippen molar-refractivity contribution < 1.29 is 5.11 Å². The molecule has 0 spiro atoms. The quantitative estimate of drug-likeness (QED) is 0.577. The molecule has 0 radical (unpaired) electrons. The summed E-state index contributed by atoms with van der Waals surface area (Å²) >= 11 is 6.04. The van der Waals surface area contributed by atoms with Gasteiger partial charge in [-0.2, -0.15) is 0 Å². The molecule has 1 aliphatic rings. The number of nitrogens with one attached hydrogen (secondary N) is 1. The molecule has 0 amide bonds. The fourth-order valence-corrected chi connectivity index (χ4v) is 2.74. The number of nitrogens with two attached hydrogens (primary N) is 1. The number of halogens is 1. The minimum Gasteiger partial charge on any atom is -0.396 e. The number of anilines is 1. The summed E-state index contributed by atoms with van der Waals surface area (Å²) in [5.74, 6) is 0.0521. The summed E-state index contributed by atoms with van der Waals surface area (Å²) < 4.78 is 0. The van der Waals surface area contributed by atoms with E-state index in [4.69, 9.17) is 27.9 Å². The lowest BCUT2D eigenvalue weighted by molar-refractivity contribution is 0.276. The first-order chi connectivity index (χ1) is 8.63. The van der Waals surface area contributed by atoms with E-state index in [2.05, 4.69) is 4.90 Å². The average Bonchev–Trinajstić information content (AvgIpc) is 2.77. The molecular formula is C13H18ClN3O. The number of nitrogen functional groups attached to an aromatic ring is 1. The molecule has 0 aromatic heterocycles. The van der Waals surface area contributed by atoms with E-state index in [9.17, 15) is 0 Å². The van der Waals surface area contributed by atoms with Crippen LogP contribution in [0.25, 0.3) is 0 Å². The number of benzene rings is 1. The van der Waals surface area contributed by atoms with Gasteiger partial charge in [0.25, 0.3) is 0 Å². The van der Waals surface area contributed by atoms with Gasteiger partial charge in [-0.1, -0.05) is 11.6 Å². The van der Waals surface area contributed by atoms with Gasteiger partial charge in [0.15, 0.2) is 0 Å². The third-order valence-electron chi connectivity index (χ3n) is 3.40. The fraction of sp³-hybridized carbons (Fsp3) is 0.462. The lowest BCUT2D eigenvalue weighted by Gasteiger charge is -2.28. The molecule has 2 rings (SSSR count). The van der Waals surface area contributed by atoms with Crippen molar-refractivity contribution in [3.63, 3.8) is 0 Å². The van der Waals surface area contributed by atoms with Gasteiger partial charge in [-0.3, -0.25) is 5.41 Å². The van der Waals surface area contributed by atoms with Crippen LogP contribution in [-0.4, -0.2) is 30.1 Å². The first-order valence-corrected chi connectivity index (χ1v) is 6.52. The molecule has 1 fully saturated rings. The lowest BCUT2D eigenvalue weighted by Crippen LogP contribution is -2.32. The molecule has 98 valence electrons. The number of nitrogens with zero attached hydrogens (tertiary/aromatic N) is 1. The maximum absolute atomic E-state index is 9.10. The van der Waals surface area contributed by atoms with Crippen LogP contribution < -0.4 is 10.6 Å². The molecule has 5 heteroatoms. The summed E-state index contributed by atoms with van der Waals surface area (Å²) in [4.78, 5) is 2.21. The van der Waals surface area contributed by atoms with Gasteiger partial charge in [0.05, 0.1) is 0 Å². The molecule has 0 aliphatic carbocycles. The molecular weight excluding hydrogens is 250 g/mol. The van der Waals surface area contributed by atoms with Crippen LogP contribution in [0.5, 0.6) is 0 Å². The van der Waals surface area contributed by atoms with Gasteiger partial charge in [0.1, 0.15) is 5.84 Å². The van der Waals surface area contributed by atoms with Crippen molar-refractivity contribution >= 4 is 23.1 Å². The monoisotopic (exact) mass is 267 g/mol. The van der Waals surface area contributed by atoms with E-state index in [0.717, 1.165) is 31.5 Å². The number of rotatable bonds is 4. The third kappa shape index (κ3) is 2.60. The van der Waals surface area contributed by atoms with Crippen molar-refractivity contribution in [2.75, 3.05) is 18.1 Å². The number of aliphatic hydroxyl groups excluding tert-OH is 1. The molecule has 4 nitrogen and oxygen atoms in total. The number of hydrogen-bond acceptors (Lipinski definition) is 3. The molecule has 1 aliphatic heterocycles. The molecule has 4 N–H and O–H groups in total. The second-order valence-corrected chi connectivity index (χ2v) is 5.01. The first kappa shape index (κ1) is 13.2. The first-order valence-electron chi connectivity index (χ1n) is 6.15. The van der Waals surface area contributed by atoms with Crippen LogP contribution in [0, 0.1) is 5.41 Å². The molecule has 0 bridgehead atoms. The Morgan fingerprint density at radius 3 is 3.00 bits per heavy atom. The molecule has 1 aromatic rings. The fourth-order valence-electron chi connectivity index (χ4n) is 2.57. The highest BCUT2D eigenvalue weighted by Gasteiger charge is 2.26. The summed E-state index contributed by atoms with van der Waals surface area (Å²) in [5, 5.41) is 17.4. The van der Waals surface area contributed by atoms with Crippen LogP contribution >= 0.6 is 11.6 Å². The standard InChI is InChI=1S/C13H18ClN3O/c14-9-3-4-11(13(15)16)12(8-9)17-6-1-2-10(17)5-7-18/h3-4,8,10,18H,1-2,5-7H2,(H3,15,16). The number of amidine groups is 1. The number of hydrogen-bond donors (Lipinski definition) is 3. The lowest BCUT2D eigenvalue weighted by atomic mass is 10.1. The van der Waals surface area contributed by atoms with Crippen molar-refractivity contribution in [2.24, 2.45) is 5.73 Å². The Morgan fingerprint density at radius 1 is 1.56 bits per heavy atom. The molecule has 1 heterocycles. The zero-order chi connectivity index (χ0) is 13.1. The van der Waals surface area contributed by atoms with E-state index in [1.165, 1.54) is 0 Å². The van der Waals surface area contributed by atoms with Crippen LogP contribution in [0.4, 0.5) is 5.69 Å². The van der Waals surface area contributed by atoms with Crippen molar-refractivity contribution in [1.29, 1.82) is 5.41 Å². The zero-order valence-corrected chi connectivity index (χ0v) is 11.0. The summed E-state index contributed by atoms with van der Waals surface area (Å²) in [6.07, 6.45) is 2.89. The second-order valence-electron chi connectivity index (χ2n) is 4.58. The van der Waals surface area contributed by atoms with Gasteiger partial charge >= 0.3 is 0 Å². The zero-order valence-electron chi connectivity index (χ0n) is 10.2. The number of aliphatic hydroxyl groups is 1. The van der Waals surface area contributed by atoms with Crippen molar-refractivity contribution in [1.82, 2.24) is 0 Å². The topological polar surface area (TPSA) is 73.3 Å². The van der Waals surface area contributed by atoms with Crippen LogP contribution in [-0.2, 0) is 0 Å². The van der Waals surface area contributed by atoms with Gasteiger partial charge in [0, 0.05) is 35.5 Å². The van der Waals surface area contributed by atoms with Gasteiger partial charge < -0.3 is 15.7 Å². The van der Waals surface area contributed by atoms with Crippen LogP contribution in [0.1, 0.15) is 24.8 Å². The van der Waals surface area contributed by atoms with E-state index in [0.29, 0.717) is 16.6 Å². The maximum atomic E-state index is 9.10. The molecule has 18 heavy (non-hydrogen) atoms. The minimum absolute atomic E-state index is 0.0521. The van der Waals surface area contributed by atoms with E-state index >= 15 is 0 Å². The van der Waals surface area contributed by atoms with Crippen LogP contribution in [0.15, 0.2) is 18.2 Å². The Morgan fingerprint density at radius 2 is 2.33 bits per heavy atom. The second kappa shape index (κ2) is 5.59. The average molecular weight is 268 g/mol. The summed E-state index contributed by atoms with van der Waals surface area (Å²) in [6.45, 7) is 1.10. The van der Waals surface area contributed by atoms with E-state index < -0.39 is 0 Å². The predicted octanol–water partition coefficient (Wildman–Crippen LogP) is 1.98. The molecule has 1 aromatic carbocycles.